The zero-order valence-corrected chi connectivity index (χ0v) is 15.5. The minimum Gasteiger partial charge on any atom is -0.495 e. The van der Waals surface area contributed by atoms with Crippen molar-refractivity contribution >= 4 is 35.0 Å². The first-order valence-electron chi connectivity index (χ1n) is 7.92. The van der Waals surface area contributed by atoms with E-state index in [1.165, 1.54) is 20.1 Å². The van der Waals surface area contributed by atoms with Crippen molar-refractivity contribution in [1.82, 2.24) is 0 Å². The van der Waals surface area contributed by atoms with E-state index >= 15 is 0 Å². The maximum absolute atomic E-state index is 12.2. The second-order valence-electron chi connectivity index (χ2n) is 5.34. The number of benzene rings is 2. The van der Waals surface area contributed by atoms with Gasteiger partial charge in [0.2, 0.25) is 0 Å². The Labute approximate surface area is 160 Å². The van der Waals surface area contributed by atoms with Crippen LogP contribution in [0.1, 0.15) is 6.92 Å². The van der Waals surface area contributed by atoms with Crippen LogP contribution in [0.25, 0.3) is 0 Å². The Balaban J connectivity index is 1.90. The van der Waals surface area contributed by atoms with Crippen LogP contribution in [0, 0.1) is 10.1 Å². The third kappa shape index (κ3) is 5.71. The number of amides is 1. The number of methoxy groups -OCH3 is 1. The quantitative estimate of drug-likeness (QED) is 0.319. The number of nitro benzene ring substituents is 1. The van der Waals surface area contributed by atoms with Gasteiger partial charge in [-0.25, -0.2) is 0 Å². The normalized spacial score (nSPS) is 11.3. The molecule has 0 heterocycles. The average Bonchev–Trinajstić information content (AvgIpc) is 2.66. The predicted octanol–water partition coefficient (Wildman–Crippen LogP) is 3.27. The summed E-state index contributed by atoms with van der Waals surface area (Å²) in [6.45, 7) is 1.44. The third-order valence-electron chi connectivity index (χ3n) is 3.45. The third-order valence-corrected chi connectivity index (χ3v) is 4.49. The van der Waals surface area contributed by atoms with Gasteiger partial charge in [-0.2, -0.15) is 0 Å². The molecule has 0 spiro atoms. The molecule has 9 heteroatoms. The molecular formula is C18H18N2O6S. The van der Waals surface area contributed by atoms with Crippen molar-refractivity contribution in [3.05, 3.63) is 58.6 Å². The summed E-state index contributed by atoms with van der Waals surface area (Å²) >= 11 is 0.979. The van der Waals surface area contributed by atoms with Gasteiger partial charge in [0.25, 0.3) is 11.6 Å². The van der Waals surface area contributed by atoms with Crippen molar-refractivity contribution in [3.8, 4) is 5.75 Å². The molecule has 0 saturated carbocycles. The maximum Gasteiger partial charge on any atom is 0.317 e. The zero-order chi connectivity index (χ0) is 19.8. The van der Waals surface area contributed by atoms with E-state index in [2.05, 4.69) is 5.32 Å². The molecule has 2 rings (SSSR count). The number of hydrogen-bond acceptors (Lipinski definition) is 7. The molecule has 1 atom stereocenters. The molecule has 0 fully saturated rings. The summed E-state index contributed by atoms with van der Waals surface area (Å²) in [7, 11) is 1.48. The standard InChI is InChI=1S/C18H18N2O6S/c1-12(18(22)19-13-7-3-5-9-15(13)25-2)26-17(21)11-27-16-10-6-4-8-14(16)20(23)24/h3-10,12H,11H2,1-2H3,(H,19,22)/t12-/m0/s1. The van der Waals surface area contributed by atoms with Crippen molar-refractivity contribution in [2.24, 2.45) is 0 Å². The van der Waals surface area contributed by atoms with Crippen LogP contribution in [0.4, 0.5) is 11.4 Å². The number of carbonyl (C=O) groups excluding carboxylic acids is 2. The molecule has 0 aliphatic carbocycles. The summed E-state index contributed by atoms with van der Waals surface area (Å²) in [4.78, 5) is 35.0. The van der Waals surface area contributed by atoms with Gasteiger partial charge >= 0.3 is 5.97 Å². The highest BCUT2D eigenvalue weighted by atomic mass is 32.2. The van der Waals surface area contributed by atoms with Gasteiger partial charge in [-0.05, 0) is 25.1 Å². The van der Waals surface area contributed by atoms with Gasteiger partial charge in [-0.15, -0.1) is 11.8 Å². The van der Waals surface area contributed by atoms with E-state index < -0.39 is 22.9 Å². The SMILES string of the molecule is COc1ccccc1NC(=O)[C@H](C)OC(=O)CSc1ccccc1[N+](=O)[O-]. The number of para-hydroxylation sites is 3. The van der Waals surface area contributed by atoms with Crippen LogP contribution in [-0.4, -0.2) is 35.8 Å². The number of thioether (sulfide) groups is 1. The Morgan fingerprint density at radius 1 is 1.19 bits per heavy atom. The van der Waals surface area contributed by atoms with E-state index in [0.717, 1.165) is 11.8 Å². The molecule has 0 saturated heterocycles. The summed E-state index contributed by atoms with van der Waals surface area (Å²) < 4.78 is 10.2. The van der Waals surface area contributed by atoms with Crippen LogP contribution in [0.15, 0.2) is 53.4 Å². The lowest BCUT2D eigenvalue weighted by molar-refractivity contribution is -0.387. The molecule has 27 heavy (non-hydrogen) atoms. The van der Waals surface area contributed by atoms with Gasteiger partial charge < -0.3 is 14.8 Å². The van der Waals surface area contributed by atoms with Gasteiger partial charge in [0, 0.05) is 6.07 Å². The summed E-state index contributed by atoms with van der Waals surface area (Å²) in [6.07, 6.45) is -1.03. The van der Waals surface area contributed by atoms with Crippen LogP contribution in [0.5, 0.6) is 5.75 Å². The maximum atomic E-state index is 12.2. The van der Waals surface area contributed by atoms with E-state index in [1.807, 2.05) is 0 Å². The largest absolute Gasteiger partial charge is 0.495 e. The summed E-state index contributed by atoms with van der Waals surface area (Å²) in [5, 5.41) is 13.6. The van der Waals surface area contributed by atoms with E-state index in [0.29, 0.717) is 16.3 Å². The van der Waals surface area contributed by atoms with E-state index in [4.69, 9.17) is 9.47 Å². The number of hydrogen-bond donors (Lipinski definition) is 1. The number of esters is 1. The number of anilines is 1. The first-order chi connectivity index (χ1) is 12.9. The van der Waals surface area contributed by atoms with Crippen molar-refractivity contribution in [2.45, 2.75) is 17.9 Å². The molecule has 1 amide bonds. The molecular weight excluding hydrogens is 372 g/mol. The molecule has 142 valence electrons. The Kier molecular flexibility index (Phi) is 7.18. The average molecular weight is 390 g/mol. The molecule has 0 aliphatic rings. The Hall–Kier alpha value is -3.07. The van der Waals surface area contributed by atoms with Gasteiger partial charge in [-0.3, -0.25) is 19.7 Å². The molecule has 8 nitrogen and oxygen atoms in total. The lowest BCUT2D eigenvalue weighted by atomic mass is 10.2. The zero-order valence-electron chi connectivity index (χ0n) is 14.7. The summed E-state index contributed by atoms with van der Waals surface area (Å²) in [6, 6.07) is 12.9. The van der Waals surface area contributed by atoms with Crippen molar-refractivity contribution in [3.63, 3.8) is 0 Å². The fourth-order valence-corrected chi connectivity index (χ4v) is 2.94. The number of carbonyl (C=O) groups is 2. The number of nitro groups is 1. The van der Waals surface area contributed by atoms with Crippen LogP contribution in [0.2, 0.25) is 0 Å². The Morgan fingerprint density at radius 2 is 1.85 bits per heavy atom. The first kappa shape index (κ1) is 20.2. The van der Waals surface area contributed by atoms with E-state index in [1.54, 1.807) is 42.5 Å². The molecule has 0 bridgehead atoms. The number of nitrogens with zero attached hydrogens (tertiary/aromatic N) is 1. The van der Waals surface area contributed by atoms with Gasteiger partial charge in [0.05, 0.1) is 28.4 Å². The van der Waals surface area contributed by atoms with Crippen LogP contribution >= 0.6 is 11.8 Å². The van der Waals surface area contributed by atoms with Crippen molar-refractivity contribution < 1.29 is 24.0 Å². The Bertz CT molecular complexity index is 842. The molecule has 1 N–H and O–H groups in total. The molecule has 2 aromatic carbocycles. The molecule has 0 aliphatic heterocycles. The van der Waals surface area contributed by atoms with Gasteiger partial charge in [0.15, 0.2) is 6.10 Å². The second kappa shape index (κ2) is 9.58. The molecule has 0 aromatic heterocycles. The highest BCUT2D eigenvalue weighted by Gasteiger charge is 2.20. The van der Waals surface area contributed by atoms with Crippen LogP contribution in [-0.2, 0) is 14.3 Å². The minimum atomic E-state index is -1.03. The van der Waals surface area contributed by atoms with E-state index in [9.17, 15) is 19.7 Å². The van der Waals surface area contributed by atoms with Crippen LogP contribution < -0.4 is 10.1 Å². The highest BCUT2D eigenvalue weighted by Crippen LogP contribution is 2.28. The molecule has 0 unspecified atom stereocenters. The van der Waals surface area contributed by atoms with Crippen LogP contribution in [0.3, 0.4) is 0 Å². The van der Waals surface area contributed by atoms with Gasteiger partial charge in [0.1, 0.15) is 5.75 Å². The first-order valence-corrected chi connectivity index (χ1v) is 8.90. The smallest absolute Gasteiger partial charge is 0.317 e. The summed E-state index contributed by atoms with van der Waals surface area (Å²) in [5.74, 6) is -0.836. The van der Waals surface area contributed by atoms with Crippen molar-refractivity contribution in [1.29, 1.82) is 0 Å². The van der Waals surface area contributed by atoms with Crippen molar-refractivity contribution in [2.75, 3.05) is 18.2 Å². The fourth-order valence-electron chi connectivity index (χ4n) is 2.13. The number of ether oxygens (including phenoxy) is 2. The lowest BCUT2D eigenvalue weighted by Gasteiger charge is -2.15. The molecule has 0 radical (unpaired) electrons. The Morgan fingerprint density at radius 3 is 2.56 bits per heavy atom. The predicted molar refractivity (Wildman–Crippen MR) is 101 cm³/mol. The van der Waals surface area contributed by atoms with Gasteiger partial charge in [-0.1, -0.05) is 24.3 Å². The fraction of sp³-hybridized carbons (Fsp3) is 0.222. The number of nitrogens with one attached hydrogen (secondary N) is 1. The monoisotopic (exact) mass is 390 g/mol. The second-order valence-corrected chi connectivity index (χ2v) is 6.35. The topological polar surface area (TPSA) is 108 Å². The van der Waals surface area contributed by atoms with E-state index in [-0.39, 0.29) is 11.4 Å². The minimum absolute atomic E-state index is 0.0859. The molecule has 2 aromatic rings. The summed E-state index contributed by atoms with van der Waals surface area (Å²) in [5.41, 5.74) is 0.374. The highest BCUT2D eigenvalue weighted by molar-refractivity contribution is 8.00. The lowest BCUT2D eigenvalue weighted by Crippen LogP contribution is -2.30. The number of rotatable bonds is 8.